The van der Waals surface area contributed by atoms with E-state index in [1.54, 1.807) is 0 Å². The Hall–Kier alpha value is -0.790. The third-order valence-electron chi connectivity index (χ3n) is 10.9. The predicted octanol–water partition coefficient (Wildman–Crippen LogP) is 8.57. The number of fused-ring (bicyclic) bond motifs is 5. The Morgan fingerprint density at radius 1 is 0.943 bits per heavy atom. The molecule has 0 aliphatic heterocycles. The van der Waals surface area contributed by atoms with Gasteiger partial charge in [-0.1, -0.05) is 38.8 Å². The molecule has 3 fully saturated rings. The predicted molar refractivity (Wildman–Crippen MR) is 120 cm³/mol. The largest absolute Gasteiger partial charge is 0.431 e. The Bertz CT molecular complexity index is 803. The van der Waals surface area contributed by atoms with Crippen LogP contribution >= 0.6 is 0 Å². The molecule has 0 heterocycles. The van der Waals surface area contributed by atoms with Gasteiger partial charge in [0.1, 0.15) is 0 Å². The number of alkyl halides is 7. The van der Waals surface area contributed by atoms with E-state index in [0.29, 0.717) is 17.8 Å². The Morgan fingerprint density at radius 3 is 2.23 bits per heavy atom. The Labute approximate surface area is 203 Å². The lowest BCUT2D eigenvalue weighted by Gasteiger charge is -2.58. The van der Waals surface area contributed by atoms with Crippen LogP contribution in [-0.2, 0) is 0 Å². The van der Waals surface area contributed by atoms with Gasteiger partial charge in [0.15, 0.2) is 0 Å². The highest BCUT2D eigenvalue weighted by atomic mass is 19.4. The van der Waals surface area contributed by atoms with Crippen molar-refractivity contribution in [3.63, 3.8) is 0 Å². The molecular weight excluding hydrogens is 473 g/mol. The molecule has 8 heteroatoms. The van der Waals surface area contributed by atoms with E-state index in [2.05, 4.69) is 19.9 Å². The summed E-state index contributed by atoms with van der Waals surface area (Å²) in [4.78, 5) is 0. The Kier molecular flexibility index (Phi) is 6.93. The minimum Gasteiger partial charge on any atom is -0.393 e. The third kappa shape index (κ3) is 4.35. The molecule has 1 N–H and O–H groups in total. The maximum absolute atomic E-state index is 14.1. The van der Waals surface area contributed by atoms with Crippen LogP contribution in [0.5, 0.6) is 0 Å². The molecular formula is C27H39F7O. The summed E-state index contributed by atoms with van der Waals surface area (Å²) in [5.41, 5.74) is -3.62. The van der Waals surface area contributed by atoms with Gasteiger partial charge in [-0.2, -0.15) is 26.3 Å². The molecule has 0 aromatic heterocycles. The molecule has 0 aromatic carbocycles. The highest BCUT2D eigenvalue weighted by molar-refractivity contribution is 5.25. The molecule has 3 saturated carbocycles. The van der Waals surface area contributed by atoms with Crippen molar-refractivity contribution in [2.45, 2.75) is 116 Å². The van der Waals surface area contributed by atoms with E-state index < -0.39 is 30.9 Å². The van der Waals surface area contributed by atoms with Gasteiger partial charge in [-0.05, 0) is 105 Å². The van der Waals surface area contributed by atoms with Crippen LogP contribution < -0.4 is 0 Å². The van der Waals surface area contributed by atoms with Gasteiger partial charge in [-0.25, -0.2) is 4.39 Å². The molecule has 0 spiro atoms. The van der Waals surface area contributed by atoms with E-state index in [-0.39, 0.29) is 35.2 Å². The van der Waals surface area contributed by atoms with Gasteiger partial charge < -0.3 is 5.11 Å². The van der Waals surface area contributed by atoms with Crippen LogP contribution in [-0.4, -0.2) is 29.2 Å². The van der Waals surface area contributed by atoms with E-state index in [1.807, 2.05) is 6.92 Å². The fraction of sp³-hybridized carbons (Fsp3) is 0.926. The van der Waals surface area contributed by atoms with Crippen LogP contribution in [0.3, 0.4) is 0 Å². The van der Waals surface area contributed by atoms with Crippen LogP contribution in [0.1, 0.15) is 91.4 Å². The Morgan fingerprint density at radius 2 is 1.60 bits per heavy atom. The second-order valence-electron chi connectivity index (χ2n) is 12.6. The second-order valence-corrected chi connectivity index (χ2v) is 12.6. The zero-order valence-corrected chi connectivity index (χ0v) is 20.9. The summed E-state index contributed by atoms with van der Waals surface area (Å²) < 4.78 is 91.6. The maximum Gasteiger partial charge on any atom is 0.431 e. The van der Waals surface area contributed by atoms with Crippen molar-refractivity contribution < 1.29 is 35.8 Å². The smallest absolute Gasteiger partial charge is 0.393 e. The van der Waals surface area contributed by atoms with Crippen LogP contribution in [0.2, 0.25) is 0 Å². The zero-order chi connectivity index (χ0) is 26.0. The first-order valence-electron chi connectivity index (χ1n) is 13.2. The standard InChI is InChI=1S/C27H39F7O/c1-16(5-4-12-25(28,26(29,30)31)27(32,33)34)20-8-9-21-19-7-6-17-15-18(35)10-13-23(17,2)22(19)11-14-24(20,21)3/h6,16,18-22,35H,4-5,7-15H2,1-3H3. The third-order valence-corrected chi connectivity index (χ3v) is 10.9. The maximum atomic E-state index is 14.1. The van der Waals surface area contributed by atoms with Crippen LogP contribution in [0, 0.1) is 40.4 Å². The second kappa shape index (κ2) is 8.90. The Balaban J connectivity index is 1.43. The number of aliphatic hydroxyl groups is 1. The zero-order valence-electron chi connectivity index (χ0n) is 20.9. The highest BCUT2D eigenvalue weighted by Gasteiger charge is 2.71. The first kappa shape index (κ1) is 27.3. The lowest BCUT2D eigenvalue weighted by atomic mass is 9.47. The SMILES string of the molecule is CC(CCCC(F)(C(F)(F)F)C(F)(F)F)C1CCC2C3CC=C4CC(O)CCC4(C)C3CCC12C. The van der Waals surface area contributed by atoms with Crippen molar-refractivity contribution in [3.05, 3.63) is 11.6 Å². The summed E-state index contributed by atoms with van der Waals surface area (Å²) in [6.07, 6.45) is -4.06. The molecule has 1 nitrogen and oxygen atoms in total. The van der Waals surface area contributed by atoms with Crippen LogP contribution in [0.15, 0.2) is 11.6 Å². The van der Waals surface area contributed by atoms with E-state index >= 15 is 0 Å². The monoisotopic (exact) mass is 512 g/mol. The van der Waals surface area contributed by atoms with Crippen molar-refractivity contribution in [1.29, 1.82) is 0 Å². The quantitative estimate of drug-likeness (QED) is 0.289. The van der Waals surface area contributed by atoms with E-state index in [9.17, 15) is 35.8 Å². The summed E-state index contributed by atoms with van der Waals surface area (Å²) in [6.45, 7) is 6.55. The topological polar surface area (TPSA) is 20.2 Å². The molecule has 0 radical (unpaired) electrons. The van der Waals surface area contributed by atoms with Crippen molar-refractivity contribution in [1.82, 2.24) is 0 Å². The van der Waals surface area contributed by atoms with E-state index in [1.165, 1.54) is 5.57 Å². The number of rotatable bonds is 5. The fourth-order valence-corrected chi connectivity index (χ4v) is 8.93. The van der Waals surface area contributed by atoms with Crippen molar-refractivity contribution in [2.24, 2.45) is 40.4 Å². The normalized spacial score (nSPS) is 41.0. The average molecular weight is 513 g/mol. The molecule has 8 atom stereocenters. The van der Waals surface area contributed by atoms with E-state index in [0.717, 1.165) is 51.4 Å². The summed E-state index contributed by atoms with van der Waals surface area (Å²) in [5, 5.41) is 10.2. The number of hydrogen-bond acceptors (Lipinski definition) is 1. The summed E-state index contributed by atoms with van der Waals surface area (Å²) in [5.74, 6) is 1.76. The van der Waals surface area contributed by atoms with E-state index in [4.69, 9.17) is 0 Å². The number of aliphatic hydroxyl groups excluding tert-OH is 1. The highest BCUT2D eigenvalue weighted by Crippen LogP contribution is 2.67. The van der Waals surface area contributed by atoms with Gasteiger partial charge in [0.25, 0.3) is 5.67 Å². The lowest BCUT2D eigenvalue weighted by Crippen LogP contribution is -2.53. The molecule has 4 aliphatic rings. The number of halogens is 7. The van der Waals surface area contributed by atoms with Crippen LogP contribution in [0.25, 0.3) is 0 Å². The molecule has 8 unspecified atom stereocenters. The molecule has 4 aliphatic carbocycles. The lowest BCUT2D eigenvalue weighted by molar-refractivity contribution is -0.343. The van der Waals surface area contributed by atoms with Gasteiger partial charge in [-0.15, -0.1) is 0 Å². The fourth-order valence-electron chi connectivity index (χ4n) is 8.93. The summed E-state index contributed by atoms with van der Waals surface area (Å²) >= 11 is 0. The first-order valence-corrected chi connectivity index (χ1v) is 13.2. The van der Waals surface area contributed by atoms with Gasteiger partial charge in [0, 0.05) is 0 Å². The average Bonchev–Trinajstić information content (AvgIpc) is 3.09. The number of allylic oxidation sites excluding steroid dienone is 1. The van der Waals surface area contributed by atoms with Crippen LogP contribution in [0.4, 0.5) is 30.7 Å². The van der Waals surface area contributed by atoms with Gasteiger partial charge in [-0.3, -0.25) is 0 Å². The molecule has 35 heavy (non-hydrogen) atoms. The number of hydrogen-bond donors (Lipinski definition) is 1. The van der Waals surface area contributed by atoms with Crippen molar-refractivity contribution in [3.8, 4) is 0 Å². The molecule has 0 aromatic rings. The minimum atomic E-state index is -5.96. The summed E-state index contributed by atoms with van der Waals surface area (Å²) in [7, 11) is 0. The molecule has 0 amide bonds. The van der Waals surface area contributed by atoms with Gasteiger partial charge in [0.05, 0.1) is 6.10 Å². The molecule has 0 saturated heterocycles. The van der Waals surface area contributed by atoms with Gasteiger partial charge in [0.2, 0.25) is 0 Å². The first-order chi connectivity index (χ1) is 16.0. The van der Waals surface area contributed by atoms with Crippen molar-refractivity contribution in [2.75, 3.05) is 0 Å². The molecule has 0 bridgehead atoms. The van der Waals surface area contributed by atoms with Crippen molar-refractivity contribution >= 4 is 0 Å². The van der Waals surface area contributed by atoms with Gasteiger partial charge >= 0.3 is 12.4 Å². The molecule has 4 rings (SSSR count). The summed E-state index contributed by atoms with van der Waals surface area (Å²) in [6, 6.07) is 0. The molecule has 202 valence electrons. The minimum absolute atomic E-state index is 0.0112.